The molecule has 5 nitrogen and oxygen atoms in total. The van der Waals surface area contributed by atoms with Crippen LogP contribution in [0.3, 0.4) is 0 Å². The number of benzene rings is 2. The summed E-state index contributed by atoms with van der Waals surface area (Å²) in [5.74, 6) is -0.987. The molecule has 0 fully saturated rings. The van der Waals surface area contributed by atoms with Gasteiger partial charge in [-0.05, 0) is 36.4 Å². The lowest BCUT2D eigenvalue weighted by atomic mass is 10.3. The van der Waals surface area contributed by atoms with Gasteiger partial charge in [0.25, 0.3) is 0 Å². The minimum atomic E-state index is -4.58. The van der Waals surface area contributed by atoms with E-state index in [2.05, 4.69) is 15.6 Å². The molecule has 0 atom stereocenters. The SMILES string of the molecule is O=C(NCCn1c(C(F)(F)F)nc2ccccc21)Nc1ccc(Cl)cc1. The summed E-state index contributed by atoms with van der Waals surface area (Å²) in [6.07, 6.45) is -4.58. The van der Waals surface area contributed by atoms with Crippen LogP contribution in [-0.4, -0.2) is 22.1 Å². The number of aromatic nitrogens is 2. The van der Waals surface area contributed by atoms with Gasteiger partial charge in [0.2, 0.25) is 5.82 Å². The molecule has 136 valence electrons. The molecule has 3 rings (SSSR count). The second-order valence-corrected chi connectivity index (χ2v) is 5.90. The third-order valence-corrected chi connectivity index (χ3v) is 3.88. The highest BCUT2D eigenvalue weighted by Gasteiger charge is 2.37. The van der Waals surface area contributed by atoms with Crippen LogP contribution in [0.4, 0.5) is 23.7 Å². The lowest BCUT2D eigenvalue weighted by Gasteiger charge is -2.12. The number of para-hydroxylation sites is 2. The second kappa shape index (κ2) is 7.25. The fourth-order valence-electron chi connectivity index (χ4n) is 2.51. The zero-order valence-corrected chi connectivity index (χ0v) is 14.1. The summed E-state index contributed by atoms with van der Waals surface area (Å²) in [6.45, 7) is -0.0632. The molecule has 0 aliphatic rings. The van der Waals surface area contributed by atoms with Crippen LogP contribution in [0.2, 0.25) is 5.02 Å². The Bertz CT molecular complexity index is 922. The van der Waals surface area contributed by atoms with E-state index in [4.69, 9.17) is 11.6 Å². The lowest BCUT2D eigenvalue weighted by molar-refractivity contribution is -0.146. The van der Waals surface area contributed by atoms with Gasteiger partial charge in [-0.25, -0.2) is 9.78 Å². The number of rotatable bonds is 4. The van der Waals surface area contributed by atoms with Crippen molar-refractivity contribution in [3.05, 3.63) is 59.4 Å². The number of fused-ring (bicyclic) bond motifs is 1. The molecule has 0 spiro atoms. The zero-order chi connectivity index (χ0) is 18.7. The first-order valence-corrected chi connectivity index (χ1v) is 8.05. The molecule has 0 saturated heterocycles. The van der Waals surface area contributed by atoms with E-state index < -0.39 is 18.0 Å². The van der Waals surface area contributed by atoms with Crippen molar-refractivity contribution >= 4 is 34.4 Å². The number of nitrogens with one attached hydrogen (secondary N) is 2. The summed E-state index contributed by atoms with van der Waals surface area (Å²) >= 11 is 5.76. The molecule has 26 heavy (non-hydrogen) atoms. The fourth-order valence-corrected chi connectivity index (χ4v) is 2.63. The van der Waals surface area contributed by atoms with Gasteiger partial charge in [-0.15, -0.1) is 0 Å². The summed E-state index contributed by atoms with van der Waals surface area (Å²) in [6, 6.07) is 12.3. The van der Waals surface area contributed by atoms with Crippen molar-refractivity contribution in [2.45, 2.75) is 12.7 Å². The molecule has 1 heterocycles. The van der Waals surface area contributed by atoms with Gasteiger partial charge in [0.15, 0.2) is 0 Å². The maximum Gasteiger partial charge on any atom is 0.449 e. The van der Waals surface area contributed by atoms with E-state index in [0.29, 0.717) is 16.2 Å². The van der Waals surface area contributed by atoms with Crippen LogP contribution in [0, 0.1) is 0 Å². The van der Waals surface area contributed by atoms with Crippen molar-refractivity contribution < 1.29 is 18.0 Å². The molecular weight excluding hydrogens is 369 g/mol. The Morgan fingerprint density at radius 3 is 2.50 bits per heavy atom. The van der Waals surface area contributed by atoms with Gasteiger partial charge in [-0.1, -0.05) is 23.7 Å². The van der Waals surface area contributed by atoms with Crippen LogP contribution < -0.4 is 10.6 Å². The van der Waals surface area contributed by atoms with Gasteiger partial charge >= 0.3 is 12.2 Å². The standard InChI is InChI=1S/C17H14ClF3N4O/c18-11-5-7-12(8-6-11)23-16(26)22-9-10-25-14-4-2-1-3-13(14)24-15(25)17(19,20)21/h1-8H,9-10H2,(H2,22,23,26). The minimum Gasteiger partial charge on any atom is -0.336 e. The Labute approximate surface area is 151 Å². The summed E-state index contributed by atoms with van der Waals surface area (Å²) in [7, 11) is 0. The monoisotopic (exact) mass is 382 g/mol. The van der Waals surface area contributed by atoms with Crippen molar-refractivity contribution in [1.29, 1.82) is 0 Å². The second-order valence-electron chi connectivity index (χ2n) is 5.46. The van der Waals surface area contributed by atoms with Gasteiger partial charge in [-0.2, -0.15) is 13.2 Å². The maximum atomic E-state index is 13.2. The molecule has 1 aromatic heterocycles. The Morgan fingerprint density at radius 1 is 1.12 bits per heavy atom. The quantitative estimate of drug-likeness (QED) is 0.696. The smallest absolute Gasteiger partial charge is 0.336 e. The number of alkyl halides is 3. The Morgan fingerprint density at radius 2 is 1.81 bits per heavy atom. The van der Waals surface area contributed by atoms with E-state index in [1.165, 1.54) is 6.07 Å². The number of carbonyl (C=O) groups is 1. The summed E-state index contributed by atoms with van der Waals surface area (Å²) in [5, 5.41) is 5.63. The molecule has 0 radical (unpaired) electrons. The van der Waals surface area contributed by atoms with Crippen molar-refractivity contribution in [2.24, 2.45) is 0 Å². The molecule has 9 heteroatoms. The first-order valence-electron chi connectivity index (χ1n) is 7.67. The number of amides is 2. The van der Waals surface area contributed by atoms with E-state index in [0.717, 1.165) is 4.57 Å². The highest BCUT2D eigenvalue weighted by Crippen LogP contribution is 2.31. The molecule has 0 saturated carbocycles. The average Bonchev–Trinajstić information content (AvgIpc) is 2.96. The van der Waals surface area contributed by atoms with E-state index in [1.54, 1.807) is 42.5 Å². The van der Waals surface area contributed by atoms with Crippen molar-refractivity contribution in [1.82, 2.24) is 14.9 Å². The number of anilines is 1. The number of carbonyl (C=O) groups excluding carboxylic acids is 1. The van der Waals surface area contributed by atoms with Crippen molar-refractivity contribution in [3.63, 3.8) is 0 Å². The molecule has 0 aliphatic heterocycles. The number of nitrogens with zero attached hydrogens (tertiary/aromatic N) is 2. The van der Waals surface area contributed by atoms with Crippen LogP contribution in [0.25, 0.3) is 11.0 Å². The average molecular weight is 383 g/mol. The third kappa shape index (κ3) is 4.08. The third-order valence-electron chi connectivity index (χ3n) is 3.63. The molecule has 2 N–H and O–H groups in total. The van der Waals surface area contributed by atoms with Crippen LogP contribution in [0.1, 0.15) is 5.82 Å². The number of halogens is 4. The summed E-state index contributed by atoms with van der Waals surface area (Å²) < 4.78 is 40.6. The first kappa shape index (κ1) is 18.1. The van der Waals surface area contributed by atoms with Crippen LogP contribution in [0.15, 0.2) is 48.5 Å². The molecule has 2 amide bonds. The molecule has 2 aromatic carbocycles. The highest BCUT2D eigenvalue weighted by atomic mass is 35.5. The zero-order valence-electron chi connectivity index (χ0n) is 13.3. The molecular formula is C17H14ClF3N4O. The van der Waals surface area contributed by atoms with Crippen LogP contribution >= 0.6 is 11.6 Å². The summed E-state index contributed by atoms with van der Waals surface area (Å²) in [4.78, 5) is 15.5. The van der Waals surface area contributed by atoms with E-state index >= 15 is 0 Å². The van der Waals surface area contributed by atoms with E-state index in [1.807, 2.05) is 0 Å². The number of hydrogen-bond acceptors (Lipinski definition) is 2. The largest absolute Gasteiger partial charge is 0.449 e. The normalized spacial score (nSPS) is 11.5. The highest BCUT2D eigenvalue weighted by molar-refractivity contribution is 6.30. The van der Waals surface area contributed by atoms with Crippen molar-refractivity contribution in [3.8, 4) is 0 Å². The fraction of sp³-hybridized carbons (Fsp3) is 0.176. The van der Waals surface area contributed by atoms with Gasteiger partial charge in [-0.3, -0.25) is 0 Å². The number of hydrogen-bond donors (Lipinski definition) is 2. The molecule has 3 aromatic rings. The predicted octanol–water partition coefficient (Wildman–Crippen LogP) is 4.53. The Hall–Kier alpha value is -2.74. The topological polar surface area (TPSA) is 59.0 Å². The van der Waals surface area contributed by atoms with Gasteiger partial charge < -0.3 is 15.2 Å². The van der Waals surface area contributed by atoms with Crippen LogP contribution in [-0.2, 0) is 12.7 Å². The van der Waals surface area contributed by atoms with Crippen molar-refractivity contribution in [2.75, 3.05) is 11.9 Å². The predicted molar refractivity (Wildman–Crippen MR) is 93.2 cm³/mol. The lowest BCUT2D eigenvalue weighted by Crippen LogP contribution is -2.32. The van der Waals surface area contributed by atoms with E-state index in [-0.39, 0.29) is 18.6 Å². The maximum absolute atomic E-state index is 13.2. The van der Waals surface area contributed by atoms with Crippen LogP contribution in [0.5, 0.6) is 0 Å². The minimum absolute atomic E-state index is 0.00283. The molecule has 0 unspecified atom stereocenters. The van der Waals surface area contributed by atoms with Gasteiger partial charge in [0, 0.05) is 23.8 Å². The number of imidazole rings is 1. The van der Waals surface area contributed by atoms with E-state index in [9.17, 15) is 18.0 Å². The molecule has 0 aliphatic carbocycles. The van der Waals surface area contributed by atoms with Gasteiger partial charge in [0.05, 0.1) is 11.0 Å². The Balaban J connectivity index is 1.67. The Kier molecular flexibility index (Phi) is 5.03. The first-order chi connectivity index (χ1) is 12.3. The number of urea groups is 1. The molecule has 0 bridgehead atoms. The van der Waals surface area contributed by atoms with Gasteiger partial charge in [0.1, 0.15) is 0 Å². The summed E-state index contributed by atoms with van der Waals surface area (Å²) in [5.41, 5.74) is 1.14.